The molecule has 3 aliphatic rings. The number of carbonyl (C=O) groups is 1. The summed E-state index contributed by atoms with van der Waals surface area (Å²) in [7, 11) is 0. The quantitative estimate of drug-likeness (QED) is 0.667. The highest BCUT2D eigenvalue weighted by molar-refractivity contribution is 5.96. The van der Waals surface area contributed by atoms with Crippen LogP contribution in [0.15, 0.2) is 35.4 Å². The van der Waals surface area contributed by atoms with E-state index in [1.807, 2.05) is 30.3 Å². The van der Waals surface area contributed by atoms with Gasteiger partial charge in [-0.25, -0.2) is 5.01 Å². The normalized spacial score (nSPS) is 27.4. The molecule has 2 heterocycles. The van der Waals surface area contributed by atoms with E-state index in [4.69, 9.17) is 19.3 Å². The van der Waals surface area contributed by atoms with Crippen molar-refractivity contribution in [2.45, 2.75) is 57.8 Å². The Bertz CT molecular complexity index is 687. The minimum absolute atomic E-state index is 0.0712. The highest BCUT2D eigenvalue weighted by Crippen LogP contribution is 2.33. The van der Waals surface area contributed by atoms with Gasteiger partial charge in [0.15, 0.2) is 6.29 Å². The Hall–Kier alpha value is -1.76. The maximum atomic E-state index is 13.2. The minimum atomic E-state index is -0.141. The molecule has 0 N–H and O–H groups in total. The molecule has 1 aromatic carbocycles. The summed E-state index contributed by atoms with van der Waals surface area (Å²) in [6, 6.07) is 10.1. The molecule has 2 aliphatic heterocycles. The Morgan fingerprint density at radius 1 is 1.10 bits per heavy atom. The predicted molar refractivity (Wildman–Crippen MR) is 110 cm³/mol. The zero-order valence-electron chi connectivity index (χ0n) is 17.1. The van der Waals surface area contributed by atoms with Crippen LogP contribution in [-0.4, -0.2) is 49.3 Å². The zero-order valence-corrected chi connectivity index (χ0v) is 17.1. The van der Waals surface area contributed by atoms with Crippen LogP contribution in [0.3, 0.4) is 0 Å². The second kappa shape index (κ2) is 10.3. The van der Waals surface area contributed by atoms with Crippen LogP contribution in [0, 0.1) is 11.8 Å². The Morgan fingerprint density at radius 2 is 1.97 bits per heavy atom. The summed E-state index contributed by atoms with van der Waals surface area (Å²) in [5.74, 6) is 0.158. The van der Waals surface area contributed by atoms with Crippen LogP contribution in [-0.2, 0) is 25.6 Å². The van der Waals surface area contributed by atoms with Gasteiger partial charge in [-0.1, -0.05) is 36.8 Å². The van der Waals surface area contributed by atoms with E-state index in [-0.39, 0.29) is 24.0 Å². The molecule has 6 nitrogen and oxygen atoms in total. The first-order valence-electron chi connectivity index (χ1n) is 11.0. The number of carbonyl (C=O) groups excluding carboxylic acids is 1. The van der Waals surface area contributed by atoms with Crippen molar-refractivity contribution in [1.82, 2.24) is 5.01 Å². The average Bonchev–Trinajstić information content (AvgIpc) is 2.77. The molecule has 1 saturated heterocycles. The third-order valence-electron chi connectivity index (χ3n) is 6.09. The maximum Gasteiger partial charge on any atom is 0.248 e. The molecule has 2 fully saturated rings. The molecule has 0 aromatic heterocycles. The van der Waals surface area contributed by atoms with E-state index in [0.717, 1.165) is 62.8 Å². The monoisotopic (exact) mass is 400 g/mol. The zero-order chi connectivity index (χ0) is 19.9. The molecular formula is C23H32N2O4. The van der Waals surface area contributed by atoms with Crippen LogP contribution in [0.4, 0.5) is 0 Å². The highest BCUT2D eigenvalue weighted by atomic mass is 16.7. The summed E-state index contributed by atoms with van der Waals surface area (Å²) >= 11 is 0. The molecule has 158 valence electrons. The van der Waals surface area contributed by atoms with E-state index < -0.39 is 0 Å². The van der Waals surface area contributed by atoms with Crippen molar-refractivity contribution in [1.29, 1.82) is 0 Å². The SMILES string of the molecule is O=C1C(COCc2ccccc2)C2CCCCC2=NN1CCOC1CCCCO1. The van der Waals surface area contributed by atoms with Gasteiger partial charge in [0.25, 0.3) is 0 Å². The standard InChI is InChI=1S/C23H32N2O4/c26-23-20(17-27-16-18-8-2-1-3-9-18)19-10-4-5-11-21(19)24-25(23)13-15-29-22-12-6-7-14-28-22/h1-3,8-9,19-20,22H,4-7,10-17H2. The van der Waals surface area contributed by atoms with E-state index in [9.17, 15) is 4.79 Å². The summed E-state index contributed by atoms with van der Waals surface area (Å²) in [5.41, 5.74) is 2.30. The molecule has 4 rings (SSSR count). The lowest BCUT2D eigenvalue weighted by molar-refractivity contribution is -0.167. The Morgan fingerprint density at radius 3 is 2.79 bits per heavy atom. The molecule has 1 saturated carbocycles. The summed E-state index contributed by atoms with van der Waals surface area (Å²) in [6.45, 7) is 2.67. The summed E-state index contributed by atoms with van der Waals surface area (Å²) in [6.07, 6.45) is 7.36. The van der Waals surface area contributed by atoms with Gasteiger partial charge in [0.1, 0.15) is 0 Å². The molecule has 0 bridgehead atoms. The number of hydrazone groups is 1. The van der Waals surface area contributed by atoms with Crippen molar-refractivity contribution in [3.63, 3.8) is 0 Å². The average molecular weight is 401 g/mol. The number of amides is 1. The fraction of sp³-hybridized carbons (Fsp3) is 0.652. The van der Waals surface area contributed by atoms with Gasteiger partial charge in [-0.2, -0.15) is 5.10 Å². The van der Waals surface area contributed by atoms with Gasteiger partial charge in [-0.05, 0) is 44.1 Å². The lowest BCUT2D eigenvalue weighted by Crippen LogP contribution is -2.48. The maximum absolute atomic E-state index is 13.2. The van der Waals surface area contributed by atoms with Gasteiger partial charge < -0.3 is 14.2 Å². The molecule has 3 unspecified atom stereocenters. The van der Waals surface area contributed by atoms with Gasteiger partial charge in [-0.15, -0.1) is 0 Å². The molecule has 0 radical (unpaired) electrons. The fourth-order valence-corrected chi connectivity index (χ4v) is 4.49. The molecule has 29 heavy (non-hydrogen) atoms. The molecular weight excluding hydrogens is 368 g/mol. The number of fused-ring (bicyclic) bond motifs is 1. The van der Waals surface area contributed by atoms with Gasteiger partial charge in [0.2, 0.25) is 5.91 Å². The second-order valence-corrected chi connectivity index (χ2v) is 8.18. The van der Waals surface area contributed by atoms with Crippen LogP contribution in [0.2, 0.25) is 0 Å². The second-order valence-electron chi connectivity index (χ2n) is 8.18. The van der Waals surface area contributed by atoms with Gasteiger partial charge >= 0.3 is 0 Å². The Labute approximate surface area is 173 Å². The number of hydrogen-bond donors (Lipinski definition) is 0. The van der Waals surface area contributed by atoms with Gasteiger partial charge in [0.05, 0.1) is 32.3 Å². The van der Waals surface area contributed by atoms with Crippen molar-refractivity contribution in [2.24, 2.45) is 16.9 Å². The van der Waals surface area contributed by atoms with Gasteiger partial charge in [0, 0.05) is 18.2 Å². The topological polar surface area (TPSA) is 60.4 Å². The molecule has 6 heteroatoms. The smallest absolute Gasteiger partial charge is 0.248 e. The number of benzene rings is 1. The first-order valence-corrected chi connectivity index (χ1v) is 11.0. The number of hydrogen-bond acceptors (Lipinski definition) is 5. The predicted octanol–water partition coefficient (Wildman–Crippen LogP) is 3.75. The van der Waals surface area contributed by atoms with Crippen LogP contribution in [0.5, 0.6) is 0 Å². The Balaban J connectivity index is 1.34. The van der Waals surface area contributed by atoms with Crippen molar-refractivity contribution in [3.05, 3.63) is 35.9 Å². The summed E-state index contributed by atoms with van der Waals surface area (Å²) in [4.78, 5) is 13.2. The van der Waals surface area contributed by atoms with E-state index in [1.165, 1.54) is 0 Å². The fourth-order valence-electron chi connectivity index (χ4n) is 4.49. The molecule has 1 amide bonds. The van der Waals surface area contributed by atoms with Crippen molar-refractivity contribution < 1.29 is 19.0 Å². The first kappa shape index (κ1) is 20.5. The largest absolute Gasteiger partial charge is 0.376 e. The third kappa shape index (κ3) is 5.44. The van der Waals surface area contributed by atoms with Crippen molar-refractivity contribution in [3.8, 4) is 0 Å². The van der Waals surface area contributed by atoms with Crippen LogP contribution in [0.25, 0.3) is 0 Å². The Kier molecular flexibility index (Phi) is 7.30. The molecule has 3 atom stereocenters. The van der Waals surface area contributed by atoms with Crippen LogP contribution < -0.4 is 0 Å². The summed E-state index contributed by atoms with van der Waals surface area (Å²) in [5, 5.41) is 6.33. The van der Waals surface area contributed by atoms with Crippen molar-refractivity contribution >= 4 is 11.6 Å². The molecule has 1 aliphatic carbocycles. The number of ether oxygens (including phenoxy) is 3. The summed E-state index contributed by atoms with van der Waals surface area (Å²) < 4.78 is 17.4. The van der Waals surface area contributed by atoms with Gasteiger partial charge in [-0.3, -0.25) is 4.79 Å². The van der Waals surface area contributed by atoms with E-state index >= 15 is 0 Å². The van der Waals surface area contributed by atoms with Crippen LogP contribution >= 0.6 is 0 Å². The highest BCUT2D eigenvalue weighted by Gasteiger charge is 2.40. The number of rotatable bonds is 8. The number of nitrogens with zero attached hydrogens (tertiary/aromatic N) is 2. The molecule has 0 spiro atoms. The van der Waals surface area contributed by atoms with E-state index in [1.54, 1.807) is 5.01 Å². The lowest BCUT2D eigenvalue weighted by atomic mass is 9.77. The molecule has 1 aromatic rings. The van der Waals surface area contributed by atoms with Crippen molar-refractivity contribution in [2.75, 3.05) is 26.4 Å². The first-order chi connectivity index (χ1) is 14.3. The van der Waals surface area contributed by atoms with Crippen LogP contribution in [0.1, 0.15) is 50.5 Å². The van der Waals surface area contributed by atoms with E-state index in [2.05, 4.69) is 0 Å². The lowest BCUT2D eigenvalue weighted by Gasteiger charge is -2.38. The third-order valence-corrected chi connectivity index (χ3v) is 6.09. The minimum Gasteiger partial charge on any atom is -0.376 e. The van der Waals surface area contributed by atoms with E-state index in [0.29, 0.717) is 26.4 Å².